The largest absolute Gasteiger partial charge is 0.368 e. The van der Waals surface area contributed by atoms with Crippen molar-refractivity contribution in [2.45, 2.75) is 38.6 Å². The van der Waals surface area contributed by atoms with Crippen LogP contribution in [0.15, 0.2) is 42.6 Å². The lowest BCUT2D eigenvalue weighted by molar-refractivity contribution is -0.134. The number of nitrogens with two attached hydrogens (primary N) is 1. The number of rotatable bonds is 6. The second kappa shape index (κ2) is 9.30. The minimum Gasteiger partial charge on any atom is -0.368 e. The van der Waals surface area contributed by atoms with Gasteiger partial charge in [-0.05, 0) is 24.5 Å². The molecule has 1 aliphatic rings. The first kappa shape index (κ1) is 19.8. The van der Waals surface area contributed by atoms with Gasteiger partial charge in [-0.25, -0.2) is 9.97 Å². The molecule has 1 aromatic heterocycles. The molecule has 2 heterocycles. The van der Waals surface area contributed by atoms with Crippen LogP contribution in [0.4, 0.5) is 5.95 Å². The molecule has 1 aliphatic heterocycles. The molecule has 1 fully saturated rings. The van der Waals surface area contributed by atoms with Gasteiger partial charge in [0.1, 0.15) is 0 Å². The van der Waals surface area contributed by atoms with E-state index in [1.807, 2.05) is 41.3 Å². The van der Waals surface area contributed by atoms with Crippen molar-refractivity contribution in [1.82, 2.24) is 19.8 Å². The monoisotopic (exact) mass is 381 g/mol. The molecule has 0 saturated carbocycles. The van der Waals surface area contributed by atoms with Gasteiger partial charge in [0.2, 0.25) is 17.8 Å². The fourth-order valence-corrected chi connectivity index (χ4v) is 3.60. The summed E-state index contributed by atoms with van der Waals surface area (Å²) < 4.78 is 0. The van der Waals surface area contributed by atoms with E-state index in [-0.39, 0.29) is 23.7 Å². The zero-order valence-corrected chi connectivity index (χ0v) is 16.3. The van der Waals surface area contributed by atoms with Crippen molar-refractivity contribution < 1.29 is 9.59 Å². The maximum atomic E-state index is 12.8. The zero-order chi connectivity index (χ0) is 19.9. The third-order valence-corrected chi connectivity index (χ3v) is 5.15. The Morgan fingerprint density at radius 3 is 2.75 bits per heavy atom. The molecule has 2 N–H and O–H groups in total. The summed E-state index contributed by atoms with van der Waals surface area (Å²) in [5.74, 6) is 0.492. The van der Waals surface area contributed by atoms with E-state index >= 15 is 0 Å². The Morgan fingerprint density at radius 2 is 2.04 bits per heavy atom. The molecule has 28 heavy (non-hydrogen) atoms. The average molecular weight is 381 g/mol. The minimum atomic E-state index is -0.0235. The molecule has 1 unspecified atom stereocenters. The Kier molecular flexibility index (Phi) is 6.57. The van der Waals surface area contributed by atoms with Gasteiger partial charge in [0.15, 0.2) is 0 Å². The van der Waals surface area contributed by atoms with Gasteiger partial charge < -0.3 is 15.5 Å². The first-order valence-electron chi connectivity index (χ1n) is 9.68. The first-order chi connectivity index (χ1) is 13.5. The molecule has 0 spiro atoms. The Labute approximate surface area is 165 Å². The summed E-state index contributed by atoms with van der Waals surface area (Å²) in [7, 11) is 0. The quantitative estimate of drug-likeness (QED) is 0.828. The predicted molar refractivity (Wildman–Crippen MR) is 107 cm³/mol. The second-order valence-corrected chi connectivity index (χ2v) is 7.19. The fourth-order valence-electron chi connectivity index (χ4n) is 3.60. The lowest BCUT2D eigenvalue weighted by atomic mass is 9.94. The number of hydrogen-bond acceptors (Lipinski definition) is 5. The van der Waals surface area contributed by atoms with Gasteiger partial charge in [0, 0.05) is 51.6 Å². The summed E-state index contributed by atoms with van der Waals surface area (Å²) in [6.45, 7) is 3.86. The van der Waals surface area contributed by atoms with Crippen LogP contribution < -0.4 is 5.73 Å². The number of piperidine rings is 1. The summed E-state index contributed by atoms with van der Waals surface area (Å²) in [5, 5.41) is 0. The van der Waals surface area contributed by atoms with Gasteiger partial charge >= 0.3 is 0 Å². The molecule has 2 aromatic rings. The van der Waals surface area contributed by atoms with Crippen molar-refractivity contribution in [3.05, 3.63) is 53.9 Å². The number of nitrogen functional groups attached to an aromatic ring is 1. The van der Waals surface area contributed by atoms with Crippen LogP contribution in [0.5, 0.6) is 0 Å². The van der Waals surface area contributed by atoms with Crippen LogP contribution in [0.25, 0.3) is 0 Å². The van der Waals surface area contributed by atoms with E-state index in [0.29, 0.717) is 26.1 Å². The molecule has 7 heteroatoms. The minimum absolute atomic E-state index is 0.0235. The van der Waals surface area contributed by atoms with Gasteiger partial charge in [-0.15, -0.1) is 0 Å². The molecule has 0 aliphatic carbocycles. The molecule has 3 rings (SSSR count). The topological polar surface area (TPSA) is 92.4 Å². The van der Waals surface area contributed by atoms with Gasteiger partial charge in [0.25, 0.3) is 0 Å². The van der Waals surface area contributed by atoms with Crippen molar-refractivity contribution in [3.8, 4) is 0 Å². The number of aromatic nitrogens is 2. The van der Waals surface area contributed by atoms with Crippen molar-refractivity contribution in [3.63, 3.8) is 0 Å². The van der Waals surface area contributed by atoms with Crippen LogP contribution >= 0.6 is 0 Å². The SMILES string of the molecule is CC(=O)N(CCC(=O)N1CCCC(c2ccnc(N)n2)C1)Cc1ccccc1. The number of amides is 2. The van der Waals surface area contributed by atoms with E-state index in [1.165, 1.54) is 0 Å². The van der Waals surface area contributed by atoms with E-state index in [2.05, 4.69) is 9.97 Å². The third kappa shape index (κ3) is 5.28. The molecule has 1 atom stereocenters. The maximum Gasteiger partial charge on any atom is 0.224 e. The predicted octanol–water partition coefficient (Wildman–Crippen LogP) is 2.20. The molecule has 2 amide bonds. The zero-order valence-electron chi connectivity index (χ0n) is 16.3. The van der Waals surface area contributed by atoms with Crippen LogP contribution in [0.3, 0.4) is 0 Å². The number of carbonyl (C=O) groups is 2. The summed E-state index contributed by atoms with van der Waals surface area (Å²) in [4.78, 5) is 36.6. The number of hydrogen-bond donors (Lipinski definition) is 1. The van der Waals surface area contributed by atoms with Crippen molar-refractivity contribution in [2.24, 2.45) is 0 Å². The van der Waals surface area contributed by atoms with E-state index in [0.717, 1.165) is 30.6 Å². The summed E-state index contributed by atoms with van der Waals surface area (Å²) >= 11 is 0. The number of benzene rings is 1. The van der Waals surface area contributed by atoms with Crippen LogP contribution in [0, 0.1) is 0 Å². The Hall–Kier alpha value is -2.96. The lowest BCUT2D eigenvalue weighted by Crippen LogP contribution is -2.41. The first-order valence-corrected chi connectivity index (χ1v) is 9.68. The summed E-state index contributed by atoms with van der Waals surface area (Å²) in [6, 6.07) is 11.7. The summed E-state index contributed by atoms with van der Waals surface area (Å²) in [5.41, 5.74) is 7.64. The van der Waals surface area contributed by atoms with Gasteiger partial charge in [-0.3, -0.25) is 9.59 Å². The fraction of sp³-hybridized carbons (Fsp3) is 0.429. The maximum absolute atomic E-state index is 12.8. The van der Waals surface area contributed by atoms with E-state index < -0.39 is 0 Å². The number of nitrogens with zero attached hydrogens (tertiary/aromatic N) is 4. The van der Waals surface area contributed by atoms with Crippen LogP contribution in [-0.4, -0.2) is 51.2 Å². The Morgan fingerprint density at radius 1 is 1.25 bits per heavy atom. The highest BCUT2D eigenvalue weighted by Gasteiger charge is 2.26. The molecular formula is C21H27N5O2. The molecule has 148 valence electrons. The molecule has 1 aromatic carbocycles. The average Bonchev–Trinajstić information content (AvgIpc) is 2.71. The van der Waals surface area contributed by atoms with E-state index in [1.54, 1.807) is 18.0 Å². The third-order valence-electron chi connectivity index (χ3n) is 5.15. The lowest BCUT2D eigenvalue weighted by Gasteiger charge is -2.33. The molecule has 7 nitrogen and oxygen atoms in total. The van der Waals surface area contributed by atoms with E-state index in [9.17, 15) is 9.59 Å². The Bertz CT molecular complexity index is 811. The molecular weight excluding hydrogens is 354 g/mol. The number of anilines is 1. The smallest absolute Gasteiger partial charge is 0.224 e. The highest BCUT2D eigenvalue weighted by molar-refractivity contribution is 5.78. The molecule has 0 radical (unpaired) electrons. The van der Waals surface area contributed by atoms with Gasteiger partial charge in [0.05, 0.1) is 5.69 Å². The highest BCUT2D eigenvalue weighted by atomic mass is 16.2. The highest BCUT2D eigenvalue weighted by Crippen LogP contribution is 2.26. The van der Waals surface area contributed by atoms with Crippen LogP contribution in [0.1, 0.15) is 43.4 Å². The second-order valence-electron chi connectivity index (χ2n) is 7.19. The number of carbonyl (C=O) groups excluding carboxylic acids is 2. The van der Waals surface area contributed by atoms with Gasteiger partial charge in [-0.1, -0.05) is 30.3 Å². The number of likely N-dealkylation sites (tertiary alicyclic amines) is 1. The summed E-state index contributed by atoms with van der Waals surface area (Å²) in [6.07, 6.45) is 3.90. The normalized spacial score (nSPS) is 16.6. The van der Waals surface area contributed by atoms with Crippen molar-refractivity contribution in [2.75, 3.05) is 25.4 Å². The van der Waals surface area contributed by atoms with Gasteiger partial charge in [-0.2, -0.15) is 0 Å². The molecule has 1 saturated heterocycles. The van der Waals surface area contributed by atoms with E-state index in [4.69, 9.17) is 5.73 Å². The van der Waals surface area contributed by atoms with Crippen LogP contribution in [-0.2, 0) is 16.1 Å². The van der Waals surface area contributed by atoms with Crippen molar-refractivity contribution >= 4 is 17.8 Å². The Balaban J connectivity index is 1.56. The molecule has 0 bridgehead atoms. The standard InChI is InChI=1S/C21H27N5O2/c1-16(27)25(14-17-6-3-2-4-7-17)13-10-20(28)26-12-5-8-18(15-26)19-9-11-23-21(22)24-19/h2-4,6-7,9,11,18H,5,8,10,12-15H2,1H3,(H2,22,23,24). The van der Waals surface area contributed by atoms with Crippen LogP contribution in [0.2, 0.25) is 0 Å². The van der Waals surface area contributed by atoms with Crippen molar-refractivity contribution in [1.29, 1.82) is 0 Å².